The third-order valence-corrected chi connectivity index (χ3v) is 3.86. The minimum Gasteiger partial charge on any atom is -0.469 e. The summed E-state index contributed by atoms with van der Waals surface area (Å²) < 4.78 is 10.1. The van der Waals surface area contributed by atoms with Gasteiger partial charge in [-0.3, -0.25) is 4.79 Å². The second-order valence-electron chi connectivity index (χ2n) is 5.23. The maximum absolute atomic E-state index is 12.1. The smallest absolute Gasteiger partial charge is 0.314 e. The van der Waals surface area contributed by atoms with Gasteiger partial charge in [-0.05, 0) is 30.5 Å². The van der Waals surface area contributed by atoms with Gasteiger partial charge in [0.25, 0.3) is 0 Å². The van der Waals surface area contributed by atoms with Gasteiger partial charge in [0, 0.05) is 13.2 Å². The van der Waals surface area contributed by atoms with Gasteiger partial charge in [0.05, 0.1) is 19.6 Å². The number of carbonyl (C=O) groups excluding carboxylic acids is 1. The van der Waals surface area contributed by atoms with Gasteiger partial charge in [-0.1, -0.05) is 30.7 Å². The van der Waals surface area contributed by atoms with Crippen LogP contribution in [0, 0.1) is 0 Å². The quantitative estimate of drug-likeness (QED) is 0.838. The van der Waals surface area contributed by atoms with Crippen molar-refractivity contribution in [2.75, 3.05) is 20.8 Å². The van der Waals surface area contributed by atoms with E-state index in [0.29, 0.717) is 6.61 Å². The second-order valence-corrected chi connectivity index (χ2v) is 5.23. The molecule has 20 heavy (non-hydrogen) atoms. The van der Waals surface area contributed by atoms with Crippen molar-refractivity contribution >= 4 is 5.97 Å². The molecule has 0 aliphatic carbocycles. The van der Waals surface area contributed by atoms with Gasteiger partial charge in [-0.25, -0.2) is 0 Å². The third kappa shape index (κ3) is 3.58. The van der Waals surface area contributed by atoms with Crippen molar-refractivity contribution in [1.29, 1.82) is 0 Å². The van der Waals surface area contributed by atoms with Gasteiger partial charge in [-0.15, -0.1) is 0 Å². The van der Waals surface area contributed by atoms with Crippen molar-refractivity contribution < 1.29 is 14.3 Å². The lowest BCUT2D eigenvalue weighted by atomic mass is 9.86. The molecule has 0 radical (unpaired) electrons. The van der Waals surface area contributed by atoms with Crippen molar-refractivity contribution in [3.05, 3.63) is 35.4 Å². The summed E-state index contributed by atoms with van der Waals surface area (Å²) in [5.41, 5.74) is 2.12. The highest BCUT2D eigenvalue weighted by molar-refractivity contribution is 5.79. The van der Waals surface area contributed by atoms with E-state index in [0.717, 1.165) is 30.5 Å². The van der Waals surface area contributed by atoms with Gasteiger partial charge in [0.1, 0.15) is 0 Å². The highest BCUT2D eigenvalue weighted by Gasteiger charge is 2.31. The van der Waals surface area contributed by atoms with E-state index in [2.05, 4.69) is 5.32 Å². The molecular formula is C16H23NO3. The molecule has 1 fully saturated rings. The van der Waals surface area contributed by atoms with Crippen LogP contribution in [-0.4, -0.2) is 32.8 Å². The first-order chi connectivity index (χ1) is 9.76. The fraction of sp³-hybridized carbons (Fsp3) is 0.562. The van der Waals surface area contributed by atoms with Crippen LogP contribution in [0.1, 0.15) is 36.3 Å². The van der Waals surface area contributed by atoms with Crippen LogP contribution >= 0.6 is 0 Å². The summed E-state index contributed by atoms with van der Waals surface area (Å²) in [6.45, 7) is 1.56. The van der Waals surface area contributed by atoms with Crippen molar-refractivity contribution in [2.45, 2.75) is 37.8 Å². The van der Waals surface area contributed by atoms with E-state index in [4.69, 9.17) is 9.47 Å². The Morgan fingerprint density at radius 3 is 2.60 bits per heavy atom. The normalized spacial score (nSPS) is 20.4. The molecule has 110 valence electrons. The van der Waals surface area contributed by atoms with E-state index in [1.807, 2.05) is 24.3 Å². The first kappa shape index (κ1) is 15.0. The topological polar surface area (TPSA) is 47.6 Å². The molecule has 2 rings (SSSR count). The van der Waals surface area contributed by atoms with Crippen LogP contribution in [-0.2, 0) is 20.9 Å². The van der Waals surface area contributed by atoms with Gasteiger partial charge < -0.3 is 14.8 Å². The second kappa shape index (κ2) is 7.41. The average molecular weight is 277 g/mol. The number of hydrogen-bond donors (Lipinski definition) is 1. The Kier molecular flexibility index (Phi) is 5.56. The van der Waals surface area contributed by atoms with Crippen molar-refractivity contribution in [1.82, 2.24) is 5.32 Å². The summed E-state index contributed by atoms with van der Waals surface area (Å²) in [5.74, 6) is -0.388. The minimum atomic E-state index is -0.225. The molecule has 4 heteroatoms. The Morgan fingerprint density at radius 1 is 1.30 bits per heavy atom. The number of carbonyl (C=O) groups is 1. The van der Waals surface area contributed by atoms with Gasteiger partial charge >= 0.3 is 5.97 Å². The third-order valence-electron chi connectivity index (χ3n) is 3.86. The van der Waals surface area contributed by atoms with Crippen molar-refractivity contribution in [2.24, 2.45) is 0 Å². The van der Waals surface area contributed by atoms with Crippen LogP contribution in [0.25, 0.3) is 0 Å². The summed E-state index contributed by atoms with van der Waals surface area (Å²) >= 11 is 0. The number of piperidine rings is 1. The van der Waals surface area contributed by atoms with Crippen LogP contribution in [0.3, 0.4) is 0 Å². The van der Waals surface area contributed by atoms with Crippen molar-refractivity contribution in [3.63, 3.8) is 0 Å². The predicted octanol–water partition coefficient (Wildman–Crippen LogP) is 2.23. The lowest BCUT2D eigenvalue weighted by molar-refractivity contribution is -0.143. The van der Waals surface area contributed by atoms with Crippen LogP contribution in [0.2, 0.25) is 0 Å². The molecule has 1 aliphatic heterocycles. The Balaban J connectivity index is 2.18. The Labute approximate surface area is 120 Å². The monoisotopic (exact) mass is 277 g/mol. The van der Waals surface area contributed by atoms with Crippen LogP contribution in [0.5, 0.6) is 0 Å². The molecule has 1 N–H and O–H groups in total. The van der Waals surface area contributed by atoms with E-state index < -0.39 is 0 Å². The zero-order valence-corrected chi connectivity index (χ0v) is 12.2. The molecule has 0 spiro atoms. The molecule has 0 bridgehead atoms. The highest BCUT2D eigenvalue weighted by Crippen LogP contribution is 2.27. The molecule has 0 saturated carbocycles. The average Bonchev–Trinajstić information content (AvgIpc) is 2.50. The first-order valence-corrected chi connectivity index (χ1v) is 7.15. The maximum atomic E-state index is 12.1. The van der Waals surface area contributed by atoms with E-state index in [1.165, 1.54) is 13.5 Å². The minimum absolute atomic E-state index is 0.163. The van der Waals surface area contributed by atoms with Crippen LogP contribution in [0.4, 0.5) is 0 Å². The number of methoxy groups -OCH3 is 2. The van der Waals surface area contributed by atoms with Gasteiger partial charge in [0.15, 0.2) is 0 Å². The number of hydrogen-bond acceptors (Lipinski definition) is 4. The zero-order chi connectivity index (χ0) is 14.4. The van der Waals surface area contributed by atoms with E-state index in [1.54, 1.807) is 7.11 Å². The highest BCUT2D eigenvalue weighted by atomic mass is 16.5. The fourth-order valence-corrected chi connectivity index (χ4v) is 2.81. The molecule has 0 amide bonds. The number of nitrogens with one attached hydrogen (secondary N) is 1. The molecule has 1 saturated heterocycles. The molecule has 2 atom stereocenters. The predicted molar refractivity (Wildman–Crippen MR) is 77.6 cm³/mol. The standard InChI is InChI=1S/C16H23NO3/c1-19-11-12-6-8-13(9-7-12)15(16(18)20-2)14-5-3-4-10-17-14/h6-9,14-15,17H,3-5,10-11H2,1-2H3. The number of rotatable bonds is 5. The summed E-state index contributed by atoms with van der Waals surface area (Å²) in [7, 11) is 3.13. The Bertz CT molecular complexity index is 424. The largest absolute Gasteiger partial charge is 0.469 e. The number of ether oxygens (including phenoxy) is 2. The van der Waals surface area contributed by atoms with Gasteiger partial charge in [0.2, 0.25) is 0 Å². The van der Waals surface area contributed by atoms with E-state index in [-0.39, 0.29) is 17.9 Å². The fourth-order valence-electron chi connectivity index (χ4n) is 2.81. The molecule has 4 nitrogen and oxygen atoms in total. The lowest BCUT2D eigenvalue weighted by Crippen LogP contribution is -2.42. The van der Waals surface area contributed by atoms with E-state index >= 15 is 0 Å². The molecular weight excluding hydrogens is 254 g/mol. The van der Waals surface area contributed by atoms with Gasteiger partial charge in [-0.2, -0.15) is 0 Å². The Morgan fingerprint density at radius 2 is 2.05 bits per heavy atom. The molecule has 1 aliphatic rings. The number of esters is 1. The van der Waals surface area contributed by atoms with Crippen LogP contribution < -0.4 is 5.32 Å². The molecule has 1 heterocycles. The maximum Gasteiger partial charge on any atom is 0.314 e. The molecule has 1 aromatic rings. The number of benzene rings is 1. The van der Waals surface area contributed by atoms with E-state index in [9.17, 15) is 4.79 Å². The van der Waals surface area contributed by atoms with Crippen LogP contribution in [0.15, 0.2) is 24.3 Å². The Hall–Kier alpha value is -1.39. The lowest BCUT2D eigenvalue weighted by Gasteiger charge is -2.30. The summed E-state index contributed by atoms with van der Waals surface area (Å²) in [5, 5.41) is 3.45. The summed E-state index contributed by atoms with van der Waals surface area (Å²) in [6, 6.07) is 8.21. The zero-order valence-electron chi connectivity index (χ0n) is 12.2. The SMILES string of the molecule is COCc1ccc(C(C(=O)OC)C2CCCCN2)cc1. The molecule has 1 aromatic carbocycles. The van der Waals surface area contributed by atoms with Crippen molar-refractivity contribution in [3.8, 4) is 0 Å². The summed E-state index contributed by atoms with van der Waals surface area (Å²) in [4.78, 5) is 12.1. The molecule has 2 unspecified atom stereocenters. The summed E-state index contributed by atoms with van der Waals surface area (Å²) in [6.07, 6.45) is 3.35. The molecule has 0 aromatic heterocycles. The first-order valence-electron chi connectivity index (χ1n) is 7.15.